The van der Waals surface area contributed by atoms with Crippen LogP contribution in [0.1, 0.15) is 49.3 Å². The van der Waals surface area contributed by atoms with Crippen molar-refractivity contribution in [2.24, 2.45) is 0 Å². The highest BCUT2D eigenvalue weighted by atomic mass is 16.5. The van der Waals surface area contributed by atoms with Gasteiger partial charge in [0, 0.05) is 18.2 Å². The number of unbranched alkanes of at least 4 members (excludes halogenated alkanes) is 3. The summed E-state index contributed by atoms with van der Waals surface area (Å²) < 4.78 is 11.3. The smallest absolute Gasteiger partial charge is 0.287 e. The number of amides is 1. The van der Waals surface area contributed by atoms with Crippen molar-refractivity contribution in [3.8, 4) is 17.2 Å². The van der Waals surface area contributed by atoms with Crippen LogP contribution in [0.25, 0.3) is 11.5 Å². The Morgan fingerprint density at radius 1 is 0.892 bits per heavy atom. The van der Waals surface area contributed by atoms with E-state index in [1.807, 2.05) is 18.2 Å². The average Bonchev–Trinajstić information content (AvgIpc) is 3.43. The number of carbonyl (C=O) groups is 2. The van der Waals surface area contributed by atoms with E-state index in [0.29, 0.717) is 30.2 Å². The van der Waals surface area contributed by atoms with Crippen molar-refractivity contribution in [3.63, 3.8) is 0 Å². The summed E-state index contributed by atoms with van der Waals surface area (Å²) in [5.41, 5.74) is 2.81. The van der Waals surface area contributed by atoms with Gasteiger partial charge in [0.25, 0.3) is 5.91 Å². The average molecular weight is 500 g/mol. The first-order valence-corrected chi connectivity index (χ1v) is 12.3. The van der Waals surface area contributed by atoms with Crippen LogP contribution in [0.5, 0.6) is 5.75 Å². The van der Waals surface area contributed by atoms with Crippen molar-refractivity contribution in [2.45, 2.75) is 51.7 Å². The summed E-state index contributed by atoms with van der Waals surface area (Å²) in [5.74, 6) is 0.147. The Balaban J connectivity index is 1.13. The Kier molecular flexibility index (Phi) is 9.46. The maximum atomic E-state index is 12.1. The van der Waals surface area contributed by atoms with Crippen molar-refractivity contribution in [1.29, 1.82) is 0 Å². The Hall–Kier alpha value is -4.40. The maximum Gasteiger partial charge on any atom is 0.287 e. The molecule has 37 heavy (non-hydrogen) atoms. The second-order valence-corrected chi connectivity index (χ2v) is 8.52. The zero-order valence-corrected chi connectivity index (χ0v) is 20.5. The molecule has 1 N–H and O–H groups in total. The molecule has 4 aromatic rings. The molecule has 0 radical (unpaired) electrons. The van der Waals surface area contributed by atoms with Gasteiger partial charge in [-0.3, -0.25) is 9.59 Å². The van der Waals surface area contributed by atoms with Crippen molar-refractivity contribution in [3.05, 3.63) is 90.3 Å². The summed E-state index contributed by atoms with van der Waals surface area (Å²) in [6, 6.07) is 19.3. The van der Waals surface area contributed by atoms with Crippen molar-refractivity contribution < 1.29 is 18.7 Å². The third-order valence-electron chi connectivity index (χ3n) is 5.71. The molecule has 0 aliphatic rings. The minimum atomic E-state index is -0.630. The molecule has 0 aliphatic carbocycles. The molecule has 2 aromatic carbocycles. The number of aryl methyl sites for hydroxylation is 1. The van der Waals surface area contributed by atoms with Gasteiger partial charge in [-0.05, 0) is 55.2 Å². The monoisotopic (exact) mass is 499 g/mol. The minimum Gasteiger partial charge on any atom is -0.487 e. The molecule has 9 heteroatoms. The van der Waals surface area contributed by atoms with E-state index in [1.54, 1.807) is 36.5 Å². The summed E-state index contributed by atoms with van der Waals surface area (Å²) in [5, 5.41) is 10.5. The Morgan fingerprint density at radius 2 is 1.70 bits per heavy atom. The fourth-order valence-electron chi connectivity index (χ4n) is 3.68. The van der Waals surface area contributed by atoms with Crippen molar-refractivity contribution in [2.75, 3.05) is 0 Å². The van der Waals surface area contributed by atoms with Gasteiger partial charge in [-0.25, -0.2) is 9.97 Å². The van der Waals surface area contributed by atoms with Gasteiger partial charge in [-0.1, -0.05) is 43.2 Å². The van der Waals surface area contributed by atoms with Crippen LogP contribution < -0.4 is 10.1 Å². The molecule has 2 aromatic heterocycles. The van der Waals surface area contributed by atoms with Crippen LogP contribution in [0.2, 0.25) is 0 Å². The number of carbonyl (C=O) groups excluding carboxylic acids is 2. The van der Waals surface area contributed by atoms with Gasteiger partial charge in [-0.15, -0.1) is 10.2 Å². The molecule has 0 aliphatic heterocycles. The number of nitrogens with zero attached hydrogens (tertiary/aromatic N) is 4. The van der Waals surface area contributed by atoms with E-state index in [2.05, 4.69) is 37.6 Å². The SMILES string of the molecule is O=C(CCCCCCc1ccccc1)C(=O)NCc1nnc(-c2ccc(OCc3ccncn3)cc2)o1. The fraction of sp³-hybridized carbons (Fsp3) is 0.286. The van der Waals surface area contributed by atoms with Gasteiger partial charge in [-0.2, -0.15) is 0 Å². The lowest BCUT2D eigenvalue weighted by Crippen LogP contribution is -2.30. The lowest BCUT2D eigenvalue weighted by Gasteiger charge is -2.05. The van der Waals surface area contributed by atoms with E-state index in [-0.39, 0.29) is 18.9 Å². The first kappa shape index (κ1) is 25.7. The van der Waals surface area contributed by atoms with Gasteiger partial charge < -0.3 is 14.5 Å². The quantitative estimate of drug-likeness (QED) is 0.199. The third kappa shape index (κ3) is 8.34. The molecule has 0 unspecified atom stereocenters. The Morgan fingerprint density at radius 3 is 2.49 bits per heavy atom. The molecule has 1 amide bonds. The topological polar surface area (TPSA) is 120 Å². The molecule has 190 valence electrons. The number of aromatic nitrogens is 4. The van der Waals surface area contributed by atoms with Crippen LogP contribution in [-0.2, 0) is 29.2 Å². The van der Waals surface area contributed by atoms with Gasteiger partial charge in [0.1, 0.15) is 18.7 Å². The number of hydrogen-bond acceptors (Lipinski definition) is 8. The highest BCUT2D eigenvalue weighted by Gasteiger charge is 2.15. The first-order chi connectivity index (χ1) is 18.2. The number of ketones is 1. The Bertz CT molecular complexity index is 1260. The van der Waals surface area contributed by atoms with Crippen molar-refractivity contribution >= 4 is 11.7 Å². The third-order valence-corrected chi connectivity index (χ3v) is 5.71. The van der Waals surface area contributed by atoms with Gasteiger partial charge >= 0.3 is 0 Å². The van der Waals surface area contributed by atoms with E-state index < -0.39 is 11.7 Å². The van der Waals surface area contributed by atoms with Crippen LogP contribution >= 0.6 is 0 Å². The number of Topliss-reactive ketones (excluding diaryl/α,β-unsaturated/α-hetero) is 1. The standard InChI is InChI=1S/C28H29N5O4/c34-25(11-7-2-1-4-8-21-9-5-3-6-10-21)27(35)30-18-26-32-33-28(37-26)22-12-14-24(15-13-22)36-19-23-16-17-29-20-31-23/h3,5-6,9-10,12-17,20H,1-2,4,7-8,11,18-19H2,(H,30,35). The second kappa shape index (κ2) is 13.6. The van der Waals surface area contributed by atoms with Crippen LogP contribution in [0, 0.1) is 0 Å². The summed E-state index contributed by atoms with van der Waals surface area (Å²) in [6.07, 6.45) is 8.12. The lowest BCUT2D eigenvalue weighted by atomic mass is 10.0. The lowest BCUT2D eigenvalue weighted by molar-refractivity contribution is -0.138. The van der Waals surface area contributed by atoms with E-state index in [4.69, 9.17) is 9.15 Å². The number of benzene rings is 2. The minimum absolute atomic E-state index is 0.00518. The number of rotatable bonds is 14. The van der Waals surface area contributed by atoms with Gasteiger partial charge in [0.15, 0.2) is 0 Å². The van der Waals surface area contributed by atoms with Crippen molar-refractivity contribution in [1.82, 2.24) is 25.5 Å². The predicted molar refractivity (Wildman–Crippen MR) is 136 cm³/mol. The van der Waals surface area contributed by atoms with E-state index in [9.17, 15) is 9.59 Å². The summed E-state index contributed by atoms with van der Waals surface area (Å²) in [7, 11) is 0. The molecule has 0 saturated heterocycles. The first-order valence-electron chi connectivity index (χ1n) is 12.3. The molecule has 0 bridgehead atoms. The highest BCUT2D eigenvalue weighted by Crippen LogP contribution is 2.22. The largest absolute Gasteiger partial charge is 0.487 e. The Labute approximate surface area is 215 Å². The van der Waals surface area contributed by atoms with Gasteiger partial charge in [0.05, 0.1) is 12.2 Å². The molecule has 2 heterocycles. The maximum absolute atomic E-state index is 12.1. The number of hydrogen-bond donors (Lipinski definition) is 1. The molecular weight excluding hydrogens is 470 g/mol. The van der Waals surface area contributed by atoms with E-state index in [1.165, 1.54) is 11.9 Å². The zero-order valence-electron chi connectivity index (χ0n) is 20.5. The molecule has 9 nitrogen and oxygen atoms in total. The van der Waals surface area contributed by atoms with Crippen LogP contribution in [0.3, 0.4) is 0 Å². The van der Waals surface area contributed by atoms with Crippen LogP contribution in [0.4, 0.5) is 0 Å². The molecule has 4 rings (SSSR count). The molecule has 0 fully saturated rings. The zero-order chi connectivity index (χ0) is 25.7. The van der Waals surface area contributed by atoms with E-state index in [0.717, 1.165) is 31.4 Å². The predicted octanol–water partition coefficient (Wildman–Crippen LogP) is 4.48. The summed E-state index contributed by atoms with van der Waals surface area (Å²) in [6.45, 7) is 0.327. The number of ether oxygens (including phenoxy) is 1. The number of nitrogens with one attached hydrogen (secondary N) is 1. The summed E-state index contributed by atoms with van der Waals surface area (Å²) in [4.78, 5) is 32.2. The molecule has 0 saturated carbocycles. The van der Waals surface area contributed by atoms with E-state index >= 15 is 0 Å². The molecule has 0 spiro atoms. The fourth-order valence-corrected chi connectivity index (χ4v) is 3.68. The van der Waals surface area contributed by atoms with Gasteiger partial charge in [0.2, 0.25) is 17.6 Å². The van der Waals surface area contributed by atoms with Crippen LogP contribution in [-0.4, -0.2) is 31.9 Å². The van der Waals surface area contributed by atoms with Crippen LogP contribution in [0.15, 0.2) is 77.6 Å². The highest BCUT2D eigenvalue weighted by molar-refractivity contribution is 6.36. The molecular formula is C28H29N5O4. The normalized spacial score (nSPS) is 10.7. The second-order valence-electron chi connectivity index (χ2n) is 8.52. The molecule has 0 atom stereocenters. The summed E-state index contributed by atoms with van der Waals surface area (Å²) >= 11 is 0.